The normalized spacial score (nSPS) is 13.9. The van der Waals surface area contributed by atoms with Crippen molar-refractivity contribution in [3.05, 3.63) is 36.0 Å². The molecule has 0 atom stereocenters. The monoisotopic (exact) mass is 284 g/mol. The highest BCUT2D eigenvalue weighted by Crippen LogP contribution is 2.39. The van der Waals surface area contributed by atoms with Crippen LogP contribution >= 0.6 is 0 Å². The third-order valence-electron chi connectivity index (χ3n) is 3.90. The Bertz CT molecular complexity index is 869. The topological polar surface area (TPSA) is 44.1 Å². The molecule has 1 aliphatic rings. The average molecular weight is 284 g/mol. The summed E-state index contributed by atoms with van der Waals surface area (Å²) in [5.41, 5.74) is 3.29. The van der Waals surface area contributed by atoms with E-state index in [1.54, 1.807) is 12.3 Å². The van der Waals surface area contributed by atoms with Crippen molar-refractivity contribution in [2.75, 3.05) is 13.3 Å². The van der Waals surface area contributed by atoms with Crippen molar-refractivity contribution < 1.29 is 13.9 Å². The maximum absolute atomic E-state index is 12.6. The number of hydrogen-bond donors (Lipinski definition) is 0. The van der Waals surface area contributed by atoms with Gasteiger partial charge < -0.3 is 9.30 Å². The van der Waals surface area contributed by atoms with Gasteiger partial charge in [-0.3, -0.25) is 14.2 Å². The van der Waals surface area contributed by atoms with Crippen molar-refractivity contribution in [1.29, 1.82) is 0 Å². The van der Waals surface area contributed by atoms with Crippen molar-refractivity contribution in [1.82, 2.24) is 9.55 Å². The third kappa shape index (κ3) is 1.67. The fraction of sp³-hybridized carbons (Fsp3) is 0.250. The molecule has 3 heterocycles. The van der Waals surface area contributed by atoms with Crippen LogP contribution in [0.25, 0.3) is 21.9 Å². The van der Waals surface area contributed by atoms with Gasteiger partial charge >= 0.3 is 0 Å². The zero-order valence-corrected chi connectivity index (χ0v) is 11.3. The van der Waals surface area contributed by atoms with E-state index < -0.39 is 0 Å². The first-order valence-electron chi connectivity index (χ1n) is 6.93. The molecule has 0 N–H and O–H groups in total. The lowest BCUT2D eigenvalue weighted by molar-refractivity contribution is 0.0961. The van der Waals surface area contributed by atoms with Crippen molar-refractivity contribution in [3.63, 3.8) is 0 Å². The summed E-state index contributed by atoms with van der Waals surface area (Å²) in [7, 11) is 0. The molecule has 5 heteroatoms. The average Bonchev–Trinajstić information content (AvgIpc) is 3.04. The van der Waals surface area contributed by atoms with E-state index in [1.807, 2.05) is 22.8 Å². The maximum Gasteiger partial charge on any atom is 0.203 e. The number of benzene rings is 1. The first kappa shape index (κ1) is 12.3. The van der Waals surface area contributed by atoms with E-state index in [4.69, 9.17) is 4.74 Å². The third-order valence-corrected chi connectivity index (χ3v) is 3.90. The van der Waals surface area contributed by atoms with Crippen LogP contribution < -0.4 is 4.74 Å². The molecule has 0 aliphatic carbocycles. The Kier molecular flexibility index (Phi) is 2.67. The smallest absolute Gasteiger partial charge is 0.203 e. The van der Waals surface area contributed by atoms with Crippen molar-refractivity contribution in [2.45, 2.75) is 13.0 Å². The summed E-state index contributed by atoms with van der Waals surface area (Å²) < 4.78 is 20.2. The number of alkyl halides is 1. The molecule has 0 saturated carbocycles. The number of Topliss-reactive ketones (excluding diaryl/α,β-unsaturated/α-hetero) is 1. The highest BCUT2D eigenvalue weighted by molar-refractivity contribution is 6.15. The lowest BCUT2D eigenvalue weighted by Gasteiger charge is -2.05. The van der Waals surface area contributed by atoms with E-state index in [2.05, 4.69) is 4.98 Å². The van der Waals surface area contributed by atoms with Crippen LogP contribution in [0.1, 0.15) is 16.8 Å². The lowest BCUT2D eigenvalue weighted by atomic mass is 10.1. The molecule has 0 saturated heterocycles. The zero-order chi connectivity index (χ0) is 14.4. The Morgan fingerprint density at radius 3 is 3.05 bits per heavy atom. The van der Waals surface area contributed by atoms with E-state index in [0.29, 0.717) is 24.3 Å². The van der Waals surface area contributed by atoms with Gasteiger partial charge in [0.05, 0.1) is 34.2 Å². The van der Waals surface area contributed by atoms with Gasteiger partial charge in [-0.25, -0.2) is 0 Å². The van der Waals surface area contributed by atoms with Gasteiger partial charge in [0, 0.05) is 12.7 Å². The summed E-state index contributed by atoms with van der Waals surface area (Å²) in [6.45, 7) is 0.300. The number of hydrogen-bond acceptors (Lipinski definition) is 3. The molecular weight excluding hydrogens is 271 g/mol. The number of carbonyl (C=O) groups excluding carboxylic acids is 1. The van der Waals surface area contributed by atoms with Gasteiger partial charge in [0.1, 0.15) is 5.75 Å². The minimum absolute atomic E-state index is 0.00695. The number of fused-ring (bicyclic) bond motifs is 5. The summed E-state index contributed by atoms with van der Waals surface area (Å²) in [6, 6.07) is 7.52. The second-order valence-corrected chi connectivity index (χ2v) is 5.11. The van der Waals surface area contributed by atoms with Gasteiger partial charge in [0.25, 0.3) is 0 Å². The predicted octanol–water partition coefficient (Wildman–Crippen LogP) is 3.12. The molecule has 1 aliphatic heterocycles. The molecule has 2 aromatic heterocycles. The first-order valence-corrected chi connectivity index (χ1v) is 6.93. The minimum atomic E-state index is -0.360. The van der Waals surface area contributed by atoms with Crippen LogP contribution in [-0.4, -0.2) is 28.6 Å². The minimum Gasteiger partial charge on any atom is -0.484 e. The largest absolute Gasteiger partial charge is 0.484 e. The molecule has 21 heavy (non-hydrogen) atoms. The van der Waals surface area contributed by atoms with E-state index in [1.165, 1.54) is 0 Å². The highest BCUT2D eigenvalue weighted by atomic mass is 19.1. The first-order chi connectivity index (χ1) is 10.3. The molecule has 0 spiro atoms. The van der Waals surface area contributed by atoms with Crippen molar-refractivity contribution in [3.8, 4) is 5.75 Å². The summed E-state index contributed by atoms with van der Waals surface area (Å²) in [4.78, 5) is 16.3. The number of carbonyl (C=O) groups is 1. The number of pyridine rings is 1. The summed E-state index contributed by atoms with van der Waals surface area (Å²) in [5, 5.41) is 0.854. The van der Waals surface area contributed by atoms with Gasteiger partial charge in [-0.05, 0) is 30.7 Å². The van der Waals surface area contributed by atoms with Crippen molar-refractivity contribution >= 4 is 27.7 Å². The van der Waals surface area contributed by atoms with E-state index in [0.717, 1.165) is 21.9 Å². The van der Waals surface area contributed by atoms with Crippen LogP contribution in [0, 0.1) is 0 Å². The molecule has 106 valence electrons. The van der Waals surface area contributed by atoms with Gasteiger partial charge in [-0.1, -0.05) is 0 Å². The number of aromatic nitrogens is 2. The number of nitrogens with zero attached hydrogens (tertiary/aromatic N) is 2. The van der Waals surface area contributed by atoms with Crippen LogP contribution in [0.3, 0.4) is 0 Å². The Labute approximate surface area is 120 Å². The number of halogens is 1. The second-order valence-electron chi connectivity index (χ2n) is 5.11. The molecule has 3 aromatic rings. The molecule has 0 fully saturated rings. The molecule has 1 aromatic carbocycles. The van der Waals surface area contributed by atoms with Crippen LogP contribution in [0.2, 0.25) is 0 Å². The quantitative estimate of drug-likeness (QED) is 0.742. The maximum atomic E-state index is 12.6. The Morgan fingerprint density at radius 1 is 1.29 bits per heavy atom. The second kappa shape index (κ2) is 4.55. The standard InChI is InChI=1S/C16H13FN2O2/c17-6-2-8-19-11-5-4-10-13(20)9-21-16(10)14(11)15-12(19)3-1-7-18-15/h1,3-5,7H,2,6,8-9H2. The zero-order valence-electron chi connectivity index (χ0n) is 11.3. The Morgan fingerprint density at radius 2 is 2.19 bits per heavy atom. The van der Waals surface area contributed by atoms with Crippen LogP contribution in [-0.2, 0) is 6.54 Å². The fourth-order valence-corrected chi connectivity index (χ4v) is 3.01. The van der Waals surface area contributed by atoms with E-state index in [-0.39, 0.29) is 19.1 Å². The van der Waals surface area contributed by atoms with E-state index in [9.17, 15) is 9.18 Å². The summed E-state index contributed by atoms with van der Waals surface area (Å²) in [6.07, 6.45) is 2.17. The number of aryl methyl sites for hydroxylation is 1. The number of ether oxygens (including phenoxy) is 1. The van der Waals surface area contributed by atoms with Crippen LogP contribution in [0.15, 0.2) is 30.5 Å². The van der Waals surface area contributed by atoms with Gasteiger partial charge in [-0.2, -0.15) is 0 Å². The summed E-state index contributed by atoms with van der Waals surface area (Å²) in [5.74, 6) is 0.604. The molecule has 0 unspecified atom stereocenters. The van der Waals surface area contributed by atoms with Gasteiger partial charge in [0.15, 0.2) is 6.61 Å². The highest BCUT2D eigenvalue weighted by Gasteiger charge is 2.26. The van der Waals surface area contributed by atoms with Gasteiger partial charge in [0.2, 0.25) is 5.78 Å². The molecule has 4 rings (SSSR count). The number of rotatable bonds is 3. The predicted molar refractivity (Wildman–Crippen MR) is 77.7 cm³/mol. The molecule has 4 nitrogen and oxygen atoms in total. The molecule has 0 bridgehead atoms. The Balaban J connectivity index is 2.10. The van der Waals surface area contributed by atoms with Crippen LogP contribution in [0.4, 0.5) is 4.39 Å². The summed E-state index contributed by atoms with van der Waals surface area (Å²) >= 11 is 0. The molecule has 0 radical (unpaired) electrons. The van der Waals surface area contributed by atoms with E-state index >= 15 is 0 Å². The van der Waals surface area contributed by atoms with Crippen molar-refractivity contribution in [2.24, 2.45) is 0 Å². The van der Waals surface area contributed by atoms with Gasteiger partial charge in [-0.15, -0.1) is 0 Å². The van der Waals surface area contributed by atoms with Crippen LogP contribution in [0.5, 0.6) is 5.75 Å². The fourth-order valence-electron chi connectivity index (χ4n) is 3.01. The SMILES string of the molecule is O=C1COc2c1ccc1c2c2ncccc2n1CCCF. The molecular formula is C16H13FN2O2. The lowest BCUT2D eigenvalue weighted by Crippen LogP contribution is -1.99. The Hall–Kier alpha value is -2.43. The molecule has 0 amide bonds. The number of ketones is 1.